The van der Waals surface area contributed by atoms with E-state index in [4.69, 9.17) is 4.74 Å². The molecular weight excluding hydrogens is 390 g/mol. The van der Waals surface area contributed by atoms with Crippen LogP contribution in [0.25, 0.3) is 0 Å². The van der Waals surface area contributed by atoms with Crippen LogP contribution in [0.4, 0.5) is 11.4 Å². The molecule has 0 bridgehead atoms. The molecule has 2 aromatic carbocycles. The first kappa shape index (κ1) is 22.7. The average molecular weight is 424 g/mol. The lowest BCUT2D eigenvalue weighted by Gasteiger charge is -2.22. The van der Waals surface area contributed by atoms with Crippen LogP contribution in [0.15, 0.2) is 48.5 Å². The molecular formula is C25H33N3O3. The normalized spacial score (nSPS) is 14.2. The van der Waals surface area contributed by atoms with Gasteiger partial charge in [0, 0.05) is 23.0 Å². The van der Waals surface area contributed by atoms with Crippen molar-refractivity contribution in [3.63, 3.8) is 0 Å². The number of benzene rings is 2. The first-order chi connectivity index (χ1) is 15.0. The Morgan fingerprint density at radius 1 is 1.00 bits per heavy atom. The molecule has 1 aliphatic rings. The molecule has 31 heavy (non-hydrogen) atoms. The number of amides is 2. The van der Waals surface area contributed by atoms with E-state index < -0.39 is 0 Å². The molecule has 1 saturated carbocycles. The van der Waals surface area contributed by atoms with Gasteiger partial charge in [-0.15, -0.1) is 0 Å². The molecule has 0 saturated heterocycles. The molecule has 2 aromatic rings. The molecule has 0 atom stereocenters. The van der Waals surface area contributed by atoms with Gasteiger partial charge in [0.15, 0.2) is 0 Å². The lowest BCUT2D eigenvalue weighted by Crippen LogP contribution is -2.36. The lowest BCUT2D eigenvalue weighted by molar-refractivity contribution is -0.114. The van der Waals surface area contributed by atoms with Gasteiger partial charge in [-0.25, -0.2) is 0 Å². The summed E-state index contributed by atoms with van der Waals surface area (Å²) in [6.07, 6.45) is 5.71. The highest BCUT2D eigenvalue weighted by atomic mass is 16.5. The molecule has 2 amide bonds. The van der Waals surface area contributed by atoms with Crippen molar-refractivity contribution in [1.82, 2.24) is 5.32 Å². The van der Waals surface area contributed by atoms with E-state index >= 15 is 0 Å². The van der Waals surface area contributed by atoms with Gasteiger partial charge in [-0.3, -0.25) is 9.59 Å². The second-order valence-corrected chi connectivity index (χ2v) is 8.52. The van der Waals surface area contributed by atoms with Crippen LogP contribution in [-0.4, -0.2) is 31.0 Å². The fourth-order valence-corrected chi connectivity index (χ4v) is 3.57. The van der Waals surface area contributed by atoms with Gasteiger partial charge in [0.2, 0.25) is 5.91 Å². The van der Waals surface area contributed by atoms with Crippen LogP contribution in [0, 0.1) is 5.92 Å². The van der Waals surface area contributed by atoms with Gasteiger partial charge < -0.3 is 20.7 Å². The summed E-state index contributed by atoms with van der Waals surface area (Å²) in [4.78, 5) is 24.8. The van der Waals surface area contributed by atoms with Gasteiger partial charge >= 0.3 is 0 Å². The molecule has 3 N–H and O–H groups in total. The molecule has 6 heteroatoms. The fourth-order valence-electron chi connectivity index (χ4n) is 3.57. The summed E-state index contributed by atoms with van der Waals surface area (Å²) in [6.45, 7) is 4.97. The number of carbonyl (C=O) groups is 2. The minimum absolute atomic E-state index is 0.0558. The van der Waals surface area contributed by atoms with Crippen molar-refractivity contribution in [1.29, 1.82) is 0 Å². The Bertz CT molecular complexity index is 859. The van der Waals surface area contributed by atoms with Crippen molar-refractivity contribution < 1.29 is 14.3 Å². The van der Waals surface area contributed by atoms with Gasteiger partial charge in [0.05, 0.1) is 13.2 Å². The number of hydrogen-bond donors (Lipinski definition) is 3. The quantitative estimate of drug-likeness (QED) is 0.539. The number of rotatable bonds is 9. The Kier molecular flexibility index (Phi) is 8.33. The summed E-state index contributed by atoms with van der Waals surface area (Å²) < 4.78 is 5.65. The zero-order chi connectivity index (χ0) is 22.1. The van der Waals surface area contributed by atoms with Crippen LogP contribution in [0.2, 0.25) is 0 Å². The summed E-state index contributed by atoms with van der Waals surface area (Å²) in [5.41, 5.74) is 2.06. The smallest absolute Gasteiger partial charge is 0.251 e. The average Bonchev–Trinajstić information content (AvgIpc) is 2.78. The van der Waals surface area contributed by atoms with E-state index in [1.165, 1.54) is 19.3 Å². The summed E-state index contributed by atoms with van der Waals surface area (Å²) >= 11 is 0. The van der Waals surface area contributed by atoms with E-state index in [0.717, 1.165) is 24.3 Å². The first-order valence-electron chi connectivity index (χ1n) is 11.2. The van der Waals surface area contributed by atoms with E-state index in [1.807, 2.05) is 36.4 Å². The SMILES string of the molecule is CC(C)COc1ccc(NC(=O)CNc2cccc(C(=O)NC3CCCCC3)c2)cc1. The third-order valence-electron chi connectivity index (χ3n) is 5.24. The molecule has 0 spiro atoms. The maximum absolute atomic E-state index is 12.5. The van der Waals surface area contributed by atoms with Crippen LogP contribution in [-0.2, 0) is 4.79 Å². The first-order valence-corrected chi connectivity index (χ1v) is 11.2. The topological polar surface area (TPSA) is 79.5 Å². The predicted octanol–water partition coefficient (Wildman–Crippen LogP) is 4.83. The van der Waals surface area contributed by atoms with Crippen molar-refractivity contribution in [2.24, 2.45) is 5.92 Å². The number of ether oxygens (including phenoxy) is 1. The van der Waals surface area contributed by atoms with Crippen molar-refractivity contribution in [3.8, 4) is 5.75 Å². The molecule has 0 aromatic heterocycles. The minimum Gasteiger partial charge on any atom is -0.493 e. The largest absolute Gasteiger partial charge is 0.493 e. The minimum atomic E-state index is -0.159. The standard InChI is InChI=1S/C25H33N3O3/c1-18(2)17-31-23-13-11-21(12-14-23)27-24(29)16-26-22-10-6-7-19(15-22)25(30)28-20-8-4-3-5-9-20/h6-7,10-15,18,20,26H,3-5,8-9,16-17H2,1-2H3,(H,27,29)(H,28,30). The molecule has 1 aliphatic carbocycles. The molecule has 166 valence electrons. The van der Waals surface area contributed by atoms with E-state index in [0.29, 0.717) is 23.8 Å². The molecule has 6 nitrogen and oxygen atoms in total. The Labute approximate surface area is 184 Å². The van der Waals surface area contributed by atoms with Crippen LogP contribution in [0.3, 0.4) is 0 Å². The van der Waals surface area contributed by atoms with E-state index in [2.05, 4.69) is 29.8 Å². The maximum Gasteiger partial charge on any atom is 0.251 e. The molecule has 1 fully saturated rings. The highest BCUT2D eigenvalue weighted by Gasteiger charge is 2.16. The van der Waals surface area contributed by atoms with Crippen molar-refractivity contribution in [2.75, 3.05) is 23.8 Å². The lowest BCUT2D eigenvalue weighted by atomic mass is 9.95. The Balaban J connectivity index is 1.46. The van der Waals surface area contributed by atoms with Crippen molar-refractivity contribution in [2.45, 2.75) is 52.0 Å². The van der Waals surface area contributed by atoms with Crippen LogP contribution < -0.4 is 20.7 Å². The highest BCUT2D eigenvalue weighted by molar-refractivity contribution is 5.96. The number of nitrogens with one attached hydrogen (secondary N) is 3. The number of hydrogen-bond acceptors (Lipinski definition) is 4. The van der Waals surface area contributed by atoms with Gasteiger partial charge in [0.1, 0.15) is 5.75 Å². The third kappa shape index (κ3) is 7.63. The molecule has 0 aliphatic heterocycles. The fraction of sp³-hybridized carbons (Fsp3) is 0.440. The third-order valence-corrected chi connectivity index (χ3v) is 5.24. The predicted molar refractivity (Wildman–Crippen MR) is 125 cm³/mol. The number of anilines is 2. The van der Waals surface area contributed by atoms with Crippen molar-refractivity contribution >= 4 is 23.2 Å². The van der Waals surface area contributed by atoms with Gasteiger partial charge in [-0.2, -0.15) is 0 Å². The highest BCUT2D eigenvalue weighted by Crippen LogP contribution is 2.19. The number of carbonyl (C=O) groups excluding carboxylic acids is 2. The summed E-state index contributed by atoms with van der Waals surface area (Å²) in [6, 6.07) is 14.9. The summed E-state index contributed by atoms with van der Waals surface area (Å²) in [7, 11) is 0. The molecule has 0 unspecified atom stereocenters. The van der Waals surface area contributed by atoms with Gasteiger partial charge in [-0.05, 0) is 61.2 Å². The van der Waals surface area contributed by atoms with Gasteiger partial charge in [-0.1, -0.05) is 39.2 Å². The Morgan fingerprint density at radius 3 is 2.45 bits per heavy atom. The van der Waals surface area contributed by atoms with Crippen LogP contribution in [0.5, 0.6) is 5.75 Å². The zero-order valence-electron chi connectivity index (χ0n) is 18.4. The Morgan fingerprint density at radius 2 is 1.74 bits per heavy atom. The second-order valence-electron chi connectivity index (χ2n) is 8.52. The van der Waals surface area contributed by atoms with E-state index in [9.17, 15) is 9.59 Å². The van der Waals surface area contributed by atoms with Crippen LogP contribution in [0.1, 0.15) is 56.3 Å². The Hall–Kier alpha value is -3.02. The van der Waals surface area contributed by atoms with Gasteiger partial charge in [0.25, 0.3) is 5.91 Å². The molecule has 0 radical (unpaired) electrons. The maximum atomic E-state index is 12.5. The van der Waals surface area contributed by atoms with Crippen LogP contribution >= 0.6 is 0 Å². The summed E-state index contributed by atoms with van der Waals surface area (Å²) in [5.74, 6) is 1.03. The van der Waals surface area contributed by atoms with E-state index in [1.54, 1.807) is 12.1 Å². The second kappa shape index (κ2) is 11.4. The molecule has 0 heterocycles. The zero-order valence-corrected chi connectivity index (χ0v) is 18.4. The molecule has 3 rings (SSSR count). The monoisotopic (exact) mass is 423 g/mol. The van der Waals surface area contributed by atoms with E-state index in [-0.39, 0.29) is 24.4 Å². The van der Waals surface area contributed by atoms with Crippen molar-refractivity contribution in [3.05, 3.63) is 54.1 Å². The summed E-state index contributed by atoms with van der Waals surface area (Å²) in [5, 5.41) is 9.07.